The first-order valence-corrected chi connectivity index (χ1v) is 8.17. The van der Waals surface area contributed by atoms with Gasteiger partial charge in [-0.1, -0.05) is 48.5 Å². The molecule has 0 spiro atoms. The summed E-state index contributed by atoms with van der Waals surface area (Å²) in [6.45, 7) is 2.13. The van der Waals surface area contributed by atoms with Crippen LogP contribution in [-0.4, -0.2) is 23.2 Å². The predicted molar refractivity (Wildman–Crippen MR) is 96.7 cm³/mol. The molecule has 0 aliphatic heterocycles. The first-order chi connectivity index (χ1) is 11.6. The second-order valence-electron chi connectivity index (χ2n) is 5.83. The number of carbonyl (C=O) groups is 1. The van der Waals surface area contributed by atoms with Gasteiger partial charge in [0.2, 0.25) is 0 Å². The summed E-state index contributed by atoms with van der Waals surface area (Å²) < 4.78 is 7.23. The lowest BCUT2D eigenvalue weighted by atomic mass is 9.99. The number of nitrogens with zero attached hydrogens (tertiary/aromatic N) is 1. The van der Waals surface area contributed by atoms with E-state index in [4.69, 9.17) is 10.5 Å². The van der Waals surface area contributed by atoms with Gasteiger partial charge in [-0.3, -0.25) is 4.79 Å². The van der Waals surface area contributed by atoms with Crippen LogP contribution in [0.15, 0.2) is 54.6 Å². The number of ether oxygens (including phenoxy) is 1. The average Bonchev–Trinajstić information content (AvgIpc) is 2.88. The van der Waals surface area contributed by atoms with E-state index in [1.807, 2.05) is 37.4 Å². The van der Waals surface area contributed by atoms with Gasteiger partial charge in [-0.2, -0.15) is 0 Å². The predicted octanol–water partition coefficient (Wildman–Crippen LogP) is 3.28. The molecule has 0 bridgehead atoms. The number of hydrogen-bond acceptors (Lipinski definition) is 3. The Morgan fingerprint density at radius 1 is 1.12 bits per heavy atom. The molecule has 0 aliphatic rings. The molecule has 24 heavy (non-hydrogen) atoms. The van der Waals surface area contributed by atoms with Crippen LogP contribution >= 0.6 is 0 Å². The summed E-state index contributed by atoms with van der Waals surface area (Å²) in [5, 5.41) is 1.12. The van der Waals surface area contributed by atoms with Crippen LogP contribution in [0, 0.1) is 0 Å². The highest BCUT2D eigenvalue weighted by molar-refractivity contribution is 5.92. The standard InChI is InChI=1S/C20H22N2O2/c1-3-24-20(23)17(21)13-16-15-11-7-8-12-18(15)22(2)19(16)14-9-5-4-6-10-14/h4-12,17H,3,13,21H2,1-2H3. The van der Waals surface area contributed by atoms with E-state index >= 15 is 0 Å². The molecule has 1 heterocycles. The summed E-state index contributed by atoms with van der Waals surface area (Å²) in [4.78, 5) is 12.0. The van der Waals surface area contributed by atoms with Gasteiger partial charge in [-0.15, -0.1) is 0 Å². The van der Waals surface area contributed by atoms with Gasteiger partial charge in [0.05, 0.1) is 12.3 Å². The lowest BCUT2D eigenvalue weighted by Crippen LogP contribution is -2.34. The molecule has 0 fully saturated rings. The van der Waals surface area contributed by atoms with E-state index in [-0.39, 0.29) is 5.97 Å². The van der Waals surface area contributed by atoms with Gasteiger partial charge in [0.15, 0.2) is 0 Å². The number of rotatable bonds is 5. The minimum atomic E-state index is -0.668. The highest BCUT2D eigenvalue weighted by Gasteiger charge is 2.22. The van der Waals surface area contributed by atoms with Crippen LogP contribution in [0.5, 0.6) is 0 Å². The number of carbonyl (C=O) groups excluding carboxylic acids is 1. The molecule has 1 unspecified atom stereocenters. The number of esters is 1. The Bertz CT molecular complexity index is 853. The number of aryl methyl sites for hydroxylation is 1. The summed E-state index contributed by atoms with van der Waals surface area (Å²) in [5.41, 5.74) is 10.5. The van der Waals surface area contributed by atoms with Crippen LogP contribution in [0.4, 0.5) is 0 Å². The second-order valence-corrected chi connectivity index (χ2v) is 5.83. The third-order valence-electron chi connectivity index (χ3n) is 4.27. The largest absolute Gasteiger partial charge is 0.465 e. The Kier molecular flexibility index (Phi) is 4.67. The van der Waals surface area contributed by atoms with Gasteiger partial charge in [-0.05, 0) is 24.1 Å². The summed E-state index contributed by atoms with van der Waals surface area (Å²) in [6, 6.07) is 17.7. The number of para-hydroxylation sites is 1. The molecular formula is C20H22N2O2. The molecule has 1 atom stereocenters. The Hall–Kier alpha value is -2.59. The molecule has 3 aromatic rings. The molecule has 2 aromatic carbocycles. The SMILES string of the molecule is CCOC(=O)C(N)Cc1c(-c2ccccc2)n(C)c2ccccc12. The molecule has 2 N–H and O–H groups in total. The van der Waals surface area contributed by atoms with E-state index in [1.54, 1.807) is 6.92 Å². The van der Waals surface area contributed by atoms with Crippen molar-refractivity contribution in [3.63, 3.8) is 0 Å². The fourth-order valence-electron chi connectivity index (χ4n) is 3.19. The highest BCUT2D eigenvalue weighted by Crippen LogP contribution is 2.33. The molecule has 0 radical (unpaired) electrons. The van der Waals surface area contributed by atoms with Crippen LogP contribution < -0.4 is 5.73 Å². The average molecular weight is 322 g/mol. The molecule has 4 heteroatoms. The number of hydrogen-bond donors (Lipinski definition) is 1. The van der Waals surface area contributed by atoms with Crippen molar-refractivity contribution in [2.24, 2.45) is 12.8 Å². The zero-order valence-corrected chi connectivity index (χ0v) is 14.0. The lowest BCUT2D eigenvalue weighted by Gasteiger charge is -2.13. The van der Waals surface area contributed by atoms with Crippen LogP contribution in [0.3, 0.4) is 0 Å². The third kappa shape index (κ3) is 2.93. The molecule has 3 rings (SSSR count). The van der Waals surface area contributed by atoms with Gasteiger partial charge in [0, 0.05) is 24.4 Å². The molecule has 1 aromatic heterocycles. The molecule has 0 amide bonds. The van der Waals surface area contributed by atoms with Crippen molar-refractivity contribution in [1.29, 1.82) is 0 Å². The highest BCUT2D eigenvalue weighted by atomic mass is 16.5. The maximum absolute atomic E-state index is 12.0. The smallest absolute Gasteiger partial charge is 0.323 e. The van der Waals surface area contributed by atoms with Crippen molar-refractivity contribution in [2.75, 3.05) is 6.61 Å². The minimum Gasteiger partial charge on any atom is -0.465 e. The van der Waals surface area contributed by atoms with E-state index in [2.05, 4.69) is 28.8 Å². The van der Waals surface area contributed by atoms with Crippen molar-refractivity contribution in [2.45, 2.75) is 19.4 Å². The first kappa shape index (κ1) is 16.3. The van der Waals surface area contributed by atoms with E-state index < -0.39 is 6.04 Å². The quantitative estimate of drug-likeness (QED) is 0.733. The molecular weight excluding hydrogens is 300 g/mol. The lowest BCUT2D eigenvalue weighted by molar-refractivity contribution is -0.144. The monoisotopic (exact) mass is 322 g/mol. The molecule has 4 nitrogen and oxygen atoms in total. The van der Waals surface area contributed by atoms with Gasteiger partial charge in [0.1, 0.15) is 6.04 Å². The van der Waals surface area contributed by atoms with Crippen LogP contribution in [0.25, 0.3) is 22.2 Å². The third-order valence-corrected chi connectivity index (χ3v) is 4.27. The maximum atomic E-state index is 12.0. The van der Waals surface area contributed by atoms with Crippen molar-refractivity contribution >= 4 is 16.9 Å². The van der Waals surface area contributed by atoms with Crippen molar-refractivity contribution in [3.05, 3.63) is 60.2 Å². The summed E-state index contributed by atoms with van der Waals surface area (Å²) >= 11 is 0. The molecule has 0 aliphatic carbocycles. The van der Waals surface area contributed by atoms with Crippen molar-refractivity contribution in [1.82, 2.24) is 4.57 Å². The van der Waals surface area contributed by atoms with Gasteiger partial charge in [-0.25, -0.2) is 0 Å². The van der Waals surface area contributed by atoms with Gasteiger partial charge < -0.3 is 15.0 Å². The zero-order valence-electron chi connectivity index (χ0n) is 14.0. The molecule has 0 saturated heterocycles. The molecule has 124 valence electrons. The Morgan fingerprint density at radius 3 is 2.50 bits per heavy atom. The van der Waals surface area contributed by atoms with Crippen LogP contribution in [0.1, 0.15) is 12.5 Å². The van der Waals surface area contributed by atoms with E-state index in [0.717, 1.165) is 27.7 Å². The van der Waals surface area contributed by atoms with E-state index in [1.165, 1.54) is 0 Å². The summed E-state index contributed by atoms with van der Waals surface area (Å²) in [6.07, 6.45) is 0.449. The molecule has 0 saturated carbocycles. The minimum absolute atomic E-state index is 0.341. The number of fused-ring (bicyclic) bond motifs is 1. The number of benzene rings is 2. The fraction of sp³-hybridized carbons (Fsp3) is 0.250. The van der Waals surface area contributed by atoms with Crippen LogP contribution in [-0.2, 0) is 23.0 Å². The number of aromatic nitrogens is 1. The Morgan fingerprint density at radius 2 is 1.79 bits per heavy atom. The van der Waals surface area contributed by atoms with Gasteiger partial charge in [0.25, 0.3) is 0 Å². The van der Waals surface area contributed by atoms with Crippen LogP contribution in [0.2, 0.25) is 0 Å². The van der Waals surface area contributed by atoms with Crippen molar-refractivity contribution in [3.8, 4) is 11.3 Å². The topological polar surface area (TPSA) is 57.2 Å². The van der Waals surface area contributed by atoms with Crippen molar-refractivity contribution < 1.29 is 9.53 Å². The first-order valence-electron chi connectivity index (χ1n) is 8.17. The second kappa shape index (κ2) is 6.89. The normalized spacial score (nSPS) is 12.3. The fourth-order valence-corrected chi connectivity index (χ4v) is 3.19. The Labute approximate surface area is 141 Å². The van der Waals surface area contributed by atoms with E-state index in [0.29, 0.717) is 13.0 Å². The van der Waals surface area contributed by atoms with Gasteiger partial charge >= 0.3 is 5.97 Å². The zero-order chi connectivity index (χ0) is 17.1. The summed E-state index contributed by atoms with van der Waals surface area (Å²) in [5.74, 6) is -0.357. The maximum Gasteiger partial charge on any atom is 0.323 e. The summed E-state index contributed by atoms with van der Waals surface area (Å²) in [7, 11) is 2.05. The Balaban J connectivity index is 2.13. The number of nitrogens with two attached hydrogens (primary N) is 1. The van der Waals surface area contributed by atoms with E-state index in [9.17, 15) is 4.79 Å².